The fourth-order valence-corrected chi connectivity index (χ4v) is 3.96. The molecule has 4 aromatic rings. The summed E-state index contributed by atoms with van der Waals surface area (Å²) in [5.41, 5.74) is 6.40. The molecule has 25 heavy (non-hydrogen) atoms. The molecule has 0 bridgehead atoms. The SMILES string of the molecule is [2H]c1cccc(-n2c3ccc(C)cc3c3ccc(C(C)C)c(C)c32)[n+]1C. The highest BCUT2D eigenvalue weighted by atomic mass is 15.1. The predicted octanol–water partition coefficient (Wildman–Crippen LogP) is 5.35. The van der Waals surface area contributed by atoms with Crippen LogP contribution in [0, 0.1) is 13.8 Å². The van der Waals surface area contributed by atoms with E-state index in [1.165, 1.54) is 38.5 Å². The van der Waals surface area contributed by atoms with Crippen LogP contribution in [-0.4, -0.2) is 4.57 Å². The highest BCUT2D eigenvalue weighted by Gasteiger charge is 2.23. The molecule has 4 rings (SSSR count). The Morgan fingerprint density at radius 1 is 1.00 bits per heavy atom. The molecule has 0 aliphatic carbocycles. The maximum absolute atomic E-state index is 8.23. The standard InChI is InChI=1S/C23H25N2/c1-15(2)18-10-11-19-20-14-16(3)9-12-21(20)25(23(19)17(18)4)22-8-6-7-13-24(22)5/h6-15H,1-5H3/q+1/i13D. The Hall–Kier alpha value is -2.61. The highest BCUT2D eigenvalue weighted by molar-refractivity contribution is 6.10. The second kappa shape index (κ2) is 5.73. The van der Waals surface area contributed by atoms with Crippen LogP contribution in [0.4, 0.5) is 0 Å². The number of aryl methyl sites for hydroxylation is 2. The number of nitrogens with zero attached hydrogens (tertiary/aromatic N) is 2. The Morgan fingerprint density at radius 3 is 2.56 bits per heavy atom. The monoisotopic (exact) mass is 330 g/mol. The number of hydrogen-bond acceptors (Lipinski definition) is 0. The summed E-state index contributed by atoms with van der Waals surface area (Å²) in [6.45, 7) is 8.86. The first-order chi connectivity index (χ1) is 12.4. The second-order valence-electron chi connectivity index (χ2n) is 7.26. The lowest BCUT2D eigenvalue weighted by Gasteiger charge is -2.11. The molecule has 0 atom stereocenters. The zero-order valence-electron chi connectivity index (χ0n) is 16.6. The molecular formula is C23H25N2+. The lowest BCUT2D eigenvalue weighted by atomic mass is 9.95. The predicted molar refractivity (Wildman–Crippen MR) is 106 cm³/mol. The molecule has 0 saturated carbocycles. The number of hydrogen-bond donors (Lipinski definition) is 0. The van der Waals surface area contributed by atoms with Crippen molar-refractivity contribution in [1.82, 2.24) is 4.57 Å². The quantitative estimate of drug-likeness (QED) is 0.438. The van der Waals surface area contributed by atoms with Gasteiger partial charge in [-0.2, -0.15) is 4.57 Å². The van der Waals surface area contributed by atoms with E-state index in [1.54, 1.807) is 0 Å². The topological polar surface area (TPSA) is 8.81 Å². The van der Waals surface area contributed by atoms with Gasteiger partial charge in [0.05, 0.1) is 13.2 Å². The molecule has 0 aliphatic heterocycles. The molecule has 0 unspecified atom stereocenters. The molecule has 0 saturated heterocycles. The average molecular weight is 330 g/mol. The average Bonchev–Trinajstić information content (AvgIpc) is 2.92. The molecule has 0 N–H and O–H groups in total. The Balaban J connectivity index is 2.25. The van der Waals surface area contributed by atoms with E-state index in [9.17, 15) is 0 Å². The summed E-state index contributed by atoms with van der Waals surface area (Å²) in [5.74, 6) is 1.49. The van der Waals surface area contributed by atoms with Gasteiger partial charge < -0.3 is 0 Å². The van der Waals surface area contributed by atoms with Crippen LogP contribution in [0.2, 0.25) is 0 Å². The van der Waals surface area contributed by atoms with E-state index >= 15 is 0 Å². The van der Waals surface area contributed by atoms with Gasteiger partial charge in [-0.15, -0.1) is 0 Å². The smallest absolute Gasteiger partial charge is 0.237 e. The summed E-state index contributed by atoms with van der Waals surface area (Å²) in [4.78, 5) is 0. The Bertz CT molecular complexity index is 1150. The molecule has 126 valence electrons. The maximum Gasteiger partial charge on any atom is 0.286 e. The minimum atomic E-state index is 0.476. The van der Waals surface area contributed by atoms with E-state index in [0.29, 0.717) is 12.1 Å². The van der Waals surface area contributed by atoms with Gasteiger partial charge in [0.2, 0.25) is 0 Å². The van der Waals surface area contributed by atoms with E-state index in [-0.39, 0.29) is 0 Å². The van der Waals surface area contributed by atoms with Crippen LogP contribution in [0.3, 0.4) is 0 Å². The van der Waals surface area contributed by atoms with Crippen LogP contribution in [0.1, 0.15) is 37.8 Å². The number of fused-ring (bicyclic) bond motifs is 3. The van der Waals surface area contributed by atoms with Crippen LogP contribution in [0.5, 0.6) is 0 Å². The van der Waals surface area contributed by atoms with Gasteiger partial charge in [-0.1, -0.05) is 37.6 Å². The first-order valence-corrected chi connectivity index (χ1v) is 8.90. The molecule has 0 spiro atoms. The lowest BCUT2D eigenvalue weighted by Crippen LogP contribution is -2.33. The summed E-state index contributed by atoms with van der Waals surface area (Å²) in [6, 6.07) is 17.1. The van der Waals surface area contributed by atoms with E-state index in [1.807, 2.05) is 23.7 Å². The van der Waals surface area contributed by atoms with Crippen LogP contribution in [0.25, 0.3) is 27.6 Å². The Morgan fingerprint density at radius 2 is 1.80 bits per heavy atom. The zero-order valence-corrected chi connectivity index (χ0v) is 15.6. The first kappa shape index (κ1) is 14.7. The molecule has 2 nitrogen and oxygen atoms in total. The van der Waals surface area contributed by atoms with Crippen molar-refractivity contribution in [2.45, 2.75) is 33.6 Å². The molecular weight excluding hydrogens is 304 g/mol. The Kier molecular flexibility index (Phi) is 3.37. The molecule has 2 heteroatoms. The van der Waals surface area contributed by atoms with Crippen molar-refractivity contribution in [3.8, 4) is 5.82 Å². The summed E-state index contributed by atoms with van der Waals surface area (Å²) < 4.78 is 12.5. The van der Waals surface area contributed by atoms with Crippen molar-refractivity contribution in [3.63, 3.8) is 0 Å². The lowest BCUT2D eigenvalue weighted by molar-refractivity contribution is -0.665. The highest BCUT2D eigenvalue weighted by Crippen LogP contribution is 2.36. The largest absolute Gasteiger partial charge is 0.286 e. The van der Waals surface area contributed by atoms with E-state index in [4.69, 9.17) is 1.37 Å². The number of pyridine rings is 1. The van der Waals surface area contributed by atoms with Crippen molar-refractivity contribution in [2.75, 3.05) is 0 Å². The van der Waals surface area contributed by atoms with Crippen LogP contribution < -0.4 is 4.57 Å². The van der Waals surface area contributed by atoms with E-state index < -0.39 is 0 Å². The van der Waals surface area contributed by atoms with Crippen LogP contribution >= 0.6 is 0 Å². The van der Waals surface area contributed by atoms with Gasteiger partial charge in [0.15, 0.2) is 0 Å². The summed E-state index contributed by atoms with van der Waals surface area (Å²) in [5, 5.41) is 2.55. The first-order valence-electron chi connectivity index (χ1n) is 9.40. The Labute approximate surface area is 150 Å². The fourth-order valence-electron chi connectivity index (χ4n) is 3.96. The van der Waals surface area contributed by atoms with Gasteiger partial charge in [-0.25, -0.2) is 4.57 Å². The van der Waals surface area contributed by atoms with Gasteiger partial charge in [-0.05, 0) is 49.6 Å². The van der Waals surface area contributed by atoms with Crippen molar-refractivity contribution in [1.29, 1.82) is 0 Å². The molecule has 0 aliphatic rings. The van der Waals surface area contributed by atoms with E-state index in [2.05, 4.69) is 68.7 Å². The van der Waals surface area contributed by atoms with Crippen molar-refractivity contribution in [2.24, 2.45) is 7.05 Å². The van der Waals surface area contributed by atoms with Crippen molar-refractivity contribution >= 4 is 21.8 Å². The molecule has 2 aromatic carbocycles. The molecule has 0 fully saturated rings. The van der Waals surface area contributed by atoms with Gasteiger partial charge >= 0.3 is 0 Å². The molecule has 0 amide bonds. The van der Waals surface area contributed by atoms with Gasteiger partial charge in [-0.3, -0.25) is 0 Å². The second-order valence-corrected chi connectivity index (χ2v) is 7.26. The zero-order chi connectivity index (χ0) is 18.6. The number of aromatic nitrogens is 2. The third-order valence-electron chi connectivity index (χ3n) is 5.18. The molecule has 0 radical (unpaired) electrons. The van der Waals surface area contributed by atoms with E-state index in [0.717, 1.165) is 5.82 Å². The van der Waals surface area contributed by atoms with Crippen LogP contribution in [-0.2, 0) is 7.05 Å². The van der Waals surface area contributed by atoms with Crippen molar-refractivity contribution < 1.29 is 5.94 Å². The maximum atomic E-state index is 8.23. The molecule has 2 heterocycles. The van der Waals surface area contributed by atoms with Crippen LogP contribution in [0.15, 0.2) is 54.7 Å². The molecule has 2 aromatic heterocycles. The minimum absolute atomic E-state index is 0.476. The van der Waals surface area contributed by atoms with Gasteiger partial charge in [0, 0.05) is 22.4 Å². The fraction of sp³-hybridized carbons (Fsp3) is 0.261. The summed E-state index contributed by atoms with van der Waals surface area (Å²) in [6.07, 6.45) is 0.502. The van der Waals surface area contributed by atoms with Crippen molar-refractivity contribution in [3.05, 3.63) is 71.4 Å². The third-order valence-corrected chi connectivity index (χ3v) is 5.18. The number of rotatable bonds is 2. The van der Waals surface area contributed by atoms with Gasteiger partial charge in [0.1, 0.15) is 12.4 Å². The van der Waals surface area contributed by atoms with Gasteiger partial charge in [0.25, 0.3) is 5.82 Å². The number of benzene rings is 2. The summed E-state index contributed by atoms with van der Waals surface area (Å²) in [7, 11) is 1.96. The normalized spacial score (nSPS) is 12.3. The summed E-state index contributed by atoms with van der Waals surface area (Å²) >= 11 is 0. The third kappa shape index (κ3) is 2.36. The minimum Gasteiger partial charge on any atom is -0.237 e.